The first-order valence-corrected chi connectivity index (χ1v) is 10.6. The van der Waals surface area contributed by atoms with E-state index < -0.39 is 0 Å². The number of amides is 2. The van der Waals surface area contributed by atoms with E-state index in [9.17, 15) is 4.79 Å². The number of rotatable bonds is 4. The van der Waals surface area contributed by atoms with Crippen molar-refractivity contribution in [1.82, 2.24) is 19.7 Å². The van der Waals surface area contributed by atoms with Crippen molar-refractivity contribution in [3.05, 3.63) is 75.3 Å². The zero-order valence-corrected chi connectivity index (χ0v) is 18.4. The summed E-state index contributed by atoms with van der Waals surface area (Å²) in [4.78, 5) is 15.0. The first-order valence-electron chi connectivity index (χ1n) is 9.89. The Morgan fingerprint density at radius 1 is 1.13 bits per heavy atom. The highest BCUT2D eigenvalue weighted by Gasteiger charge is 2.33. The summed E-state index contributed by atoms with van der Waals surface area (Å²) in [5, 5.41) is 12.9. The Balaban J connectivity index is 1.54. The minimum Gasteiger partial charge on any atom is -0.314 e. The van der Waals surface area contributed by atoms with Gasteiger partial charge in [0.15, 0.2) is 5.82 Å². The highest BCUT2D eigenvalue weighted by atomic mass is 35.5. The van der Waals surface area contributed by atoms with Gasteiger partial charge in [-0.05, 0) is 67.6 Å². The minimum atomic E-state index is -0.132. The SMILES string of the molecule is Cc1cc(Cl)cc(C)c1NC(=O)N1CCC[C@@H]1c1nncn1Cc1ccc(Cl)cc1. The first-order chi connectivity index (χ1) is 14.4. The number of benzene rings is 2. The Morgan fingerprint density at radius 2 is 1.83 bits per heavy atom. The molecular weight excluding hydrogens is 421 g/mol. The number of nitrogens with one attached hydrogen (secondary N) is 1. The molecule has 0 radical (unpaired) electrons. The monoisotopic (exact) mass is 443 g/mol. The smallest absolute Gasteiger partial charge is 0.314 e. The van der Waals surface area contributed by atoms with Crippen LogP contribution < -0.4 is 5.32 Å². The van der Waals surface area contributed by atoms with E-state index in [0.29, 0.717) is 23.1 Å². The Bertz CT molecular complexity index is 1040. The molecule has 6 nitrogen and oxygen atoms in total. The molecule has 0 unspecified atom stereocenters. The van der Waals surface area contributed by atoms with E-state index in [4.69, 9.17) is 23.2 Å². The molecule has 1 aliphatic rings. The molecule has 1 atom stereocenters. The molecule has 1 N–H and O–H groups in total. The molecule has 0 bridgehead atoms. The quantitative estimate of drug-likeness (QED) is 0.568. The van der Waals surface area contributed by atoms with Crippen LogP contribution in [0.3, 0.4) is 0 Å². The second-order valence-corrected chi connectivity index (χ2v) is 8.51. The molecule has 2 aromatic carbocycles. The fourth-order valence-corrected chi connectivity index (χ4v) is 4.45. The molecule has 1 saturated heterocycles. The molecule has 0 saturated carbocycles. The third-order valence-electron chi connectivity index (χ3n) is 5.45. The summed E-state index contributed by atoms with van der Waals surface area (Å²) in [5.41, 5.74) is 3.78. The van der Waals surface area contributed by atoms with Crippen LogP contribution in [0.15, 0.2) is 42.7 Å². The van der Waals surface area contributed by atoms with Crippen molar-refractivity contribution in [2.24, 2.45) is 0 Å². The number of hydrogen-bond acceptors (Lipinski definition) is 3. The van der Waals surface area contributed by atoms with Crippen LogP contribution in [0, 0.1) is 13.8 Å². The van der Waals surface area contributed by atoms with Gasteiger partial charge in [-0.25, -0.2) is 4.79 Å². The van der Waals surface area contributed by atoms with Crippen molar-refractivity contribution in [2.45, 2.75) is 39.3 Å². The van der Waals surface area contributed by atoms with Crippen molar-refractivity contribution in [1.29, 1.82) is 0 Å². The molecule has 2 amide bonds. The number of urea groups is 1. The summed E-state index contributed by atoms with van der Waals surface area (Å²) in [5.74, 6) is 0.794. The van der Waals surface area contributed by atoms with Crippen LogP contribution in [-0.2, 0) is 6.54 Å². The highest BCUT2D eigenvalue weighted by molar-refractivity contribution is 6.31. The van der Waals surface area contributed by atoms with E-state index >= 15 is 0 Å². The van der Waals surface area contributed by atoms with Gasteiger partial charge in [0.25, 0.3) is 0 Å². The average Bonchev–Trinajstić information content (AvgIpc) is 3.35. The van der Waals surface area contributed by atoms with E-state index in [1.54, 1.807) is 6.33 Å². The predicted molar refractivity (Wildman–Crippen MR) is 119 cm³/mol. The van der Waals surface area contributed by atoms with E-state index in [2.05, 4.69) is 15.5 Å². The average molecular weight is 444 g/mol. The maximum Gasteiger partial charge on any atom is 0.322 e. The highest BCUT2D eigenvalue weighted by Crippen LogP contribution is 2.32. The zero-order valence-electron chi connectivity index (χ0n) is 16.9. The molecule has 1 aliphatic heterocycles. The number of aryl methyl sites for hydroxylation is 2. The fourth-order valence-electron chi connectivity index (χ4n) is 4.00. The maximum absolute atomic E-state index is 13.1. The van der Waals surface area contributed by atoms with Crippen molar-refractivity contribution in [3.63, 3.8) is 0 Å². The van der Waals surface area contributed by atoms with Gasteiger partial charge in [0.05, 0.1) is 12.6 Å². The molecule has 156 valence electrons. The van der Waals surface area contributed by atoms with Crippen molar-refractivity contribution >= 4 is 34.9 Å². The van der Waals surface area contributed by atoms with Crippen LogP contribution in [-0.4, -0.2) is 32.2 Å². The van der Waals surface area contributed by atoms with Crippen molar-refractivity contribution in [3.8, 4) is 0 Å². The van der Waals surface area contributed by atoms with Gasteiger partial charge in [-0.15, -0.1) is 10.2 Å². The number of carbonyl (C=O) groups is 1. The Kier molecular flexibility index (Phi) is 5.97. The van der Waals surface area contributed by atoms with E-state index in [1.165, 1.54) is 0 Å². The molecule has 1 fully saturated rings. The molecule has 0 aliphatic carbocycles. The third kappa shape index (κ3) is 4.30. The third-order valence-corrected chi connectivity index (χ3v) is 5.92. The van der Waals surface area contributed by atoms with Crippen LogP contribution in [0.2, 0.25) is 10.0 Å². The van der Waals surface area contributed by atoms with Gasteiger partial charge in [-0.3, -0.25) is 0 Å². The number of halogens is 2. The number of hydrogen-bond donors (Lipinski definition) is 1. The fraction of sp³-hybridized carbons (Fsp3) is 0.318. The Labute approximate surface area is 185 Å². The van der Waals surface area contributed by atoms with Gasteiger partial charge in [0, 0.05) is 22.3 Å². The second-order valence-electron chi connectivity index (χ2n) is 7.64. The standard InChI is InChI=1S/C22H23Cl2N5O/c1-14-10-18(24)11-15(2)20(14)26-22(30)29-9-3-4-19(29)21-27-25-13-28(21)12-16-5-7-17(23)8-6-16/h5-8,10-11,13,19H,3-4,9,12H2,1-2H3,(H,26,30)/t19-/m1/s1. The van der Waals surface area contributed by atoms with Gasteiger partial charge in [-0.1, -0.05) is 35.3 Å². The minimum absolute atomic E-state index is 0.118. The first kappa shape index (κ1) is 20.7. The molecule has 2 heterocycles. The Morgan fingerprint density at radius 3 is 2.53 bits per heavy atom. The predicted octanol–water partition coefficient (Wildman–Crippen LogP) is 5.62. The molecule has 8 heteroatoms. The molecule has 30 heavy (non-hydrogen) atoms. The molecule has 0 spiro atoms. The lowest BCUT2D eigenvalue weighted by atomic mass is 10.1. The topological polar surface area (TPSA) is 63.1 Å². The van der Waals surface area contributed by atoms with E-state index in [1.807, 2.05) is 59.7 Å². The summed E-state index contributed by atoms with van der Waals surface area (Å²) >= 11 is 12.1. The van der Waals surface area contributed by atoms with Gasteiger partial charge in [-0.2, -0.15) is 0 Å². The van der Waals surface area contributed by atoms with Gasteiger partial charge in [0.1, 0.15) is 6.33 Å². The van der Waals surface area contributed by atoms with E-state index in [-0.39, 0.29) is 12.1 Å². The van der Waals surface area contributed by atoms with Crippen LogP contribution >= 0.6 is 23.2 Å². The van der Waals surface area contributed by atoms with E-state index in [0.717, 1.165) is 41.0 Å². The summed E-state index contributed by atoms with van der Waals surface area (Å²) in [6.45, 7) is 5.19. The maximum atomic E-state index is 13.1. The Hall–Kier alpha value is -2.57. The summed E-state index contributed by atoms with van der Waals surface area (Å²) < 4.78 is 2.00. The van der Waals surface area contributed by atoms with Crippen molar-refractivity contribution in [2.75, 3.05) is 11.9 Å². The van der Waals surface area contributed by atoms with Crippen LogP contribution in [0.1, 0.15) is 41.4 Å². The van der Waals surface area contributed by atoms with Gasteiger partial charge in [0.2, 0.25) is 0 Å². The van der Waals surface area contributed by atoms with Crippen LogP contribution in [0.5, 0.6) is 0 Å². The molecule has 4 rings (SSSR count). The number of anilines is 1. The summed E-state index contributed by atoms with van der Waals surface area (Å²) in [6.07, 6.45) is 3.49. The lowest BCUT2D eigenvalue weighted by molar-refractivity contribution is 0.204. The van der Waals surface area contributed by atoms with Crippen LogP contribution in [0.4, 0.5) is 10.5 Å². The number of likely N-dealkylation sites (tertiary alicyclic amines) is 1. The number of carbonyl (C=O) groups excluding carboxylic acids is 1. The molecular formula is C22H23Cl2N5O. The molecule has 1 aromatic heterocycles. The second kappa shape index (κ2) is 8.66. The van der Waals surface area contributed by atoms with Gasteiger partial charge >= 0.3 is 6.03 Å². The summed E-state index contributed by atoms with van der Waals surface area (Å²) in [6, 6.07) is 11.2. The largest absolute Gasteiger partial charge is 0.322 e. The van der Waals surface area contributed by atoms with Crippen LogP contribution in [0.25, 0.3) is 0 Å². The summed E-state index contributed by atoms with van der Waals surface area (Å²) in [7, 11) is 0. The lowest BCUT2D eigenvalue weighted by Gasteiger charge is -2.25. The molecule has 3 aromatic rings. The number of nitrogens with zero attached hydrogens (tertiary/aromatic N) is 4. The normalized spacial score (nSPS) is 16.1. The number of aromatic nitrogens is 3. The zero-order chi connectivity index (χ0) is 21.3. The van der Waals surface area contributed by atoms with Crippen molar-refractivity contribution < 1.29 is 4.79 Å². The lowest BCUT2D eigenvalue weighted by Crippen LogP contribution is -2.36. The van der Waals surface area contributed by atoms with Gasteiger partial charge < -0.3 is 14.8 Å².